The molecule has 0 heterocycles. The number of rotatable bonds is 5. The van der Waals surface area contributed by atoms with Crippen molar-refractivity contribution in [2.45, 2.75) is 13.8 Å². The predicted octanol–water partition coefficient (Wildman–Crippen LogP) is 3.41. The first-order chi connectivity index (χ1) is 10.4. The zero-order valence-electron chi connectivity index (χ0n) is 13.5. The number of carbonyl (C=O) groups excluding carboxylic acids is 1. The maximum atomic E-state index is 12.5. The van der Waals surface area contributed by atoms with Gasteiger partial charge in [-0.15, -0.1) is 0 Å². The van der Waals surface area contributed by atoms with Crippen LogP contribution in [0.3, 0.4) is 0 Å². The molecule has 3 nitrogen and oxygen atoms in total. The Hall–Kier alpha value is -2.13. The van der Waals surface area contributed by atoms with E-state index in [-0.39, 0.29) is 11.3 Å². The predicted molar refractivity (Wildman–Crippen MR) is 91.7 cm³/mol. The van der Waals surface area contributed by atoms with Crippen molar-refractivity contribution in [3.8, 4) is 11.1 Å². The van der Waals surface area contributed by atoms with Gasteiger partial charge in [0.2, 0.25) is 0 Å². The van der Waals surface area contributed by atoms with Gasteiger partial charge in [0.15, 0.2) is 0 Å². The topological polar surface area (TPSA) is 46.3 Å². The Balaban J connectivity index is 2.12. The van der Waals surface area contributed by atoms with Crippen molar-refractivity contribution in [2.75, 3.05) is 20.1 Å². The van der Waals surface area contributed by atoms with Gasteiger partial charge in [-0.3, -0.25) is 4.79 Å². The third-order valence-electron chi connectivity index (χ3n) is 3.80. The summed E-state index contributed by atoms with van der Waals surface area (Å²) in [6, 6.07) is 17.9. The normalized spacial score (nSPS) is 11.3. The summed E-state index contributed by atoms with van der Waals surface area (Å²) in [5.74, 6) is 0.0288. The van der Waals surface area contributed by atoms with Gasteiger partial charge in [0, 0.05) is 19.2 Å². The number of nitrogens with two attached hydrogens (primary N) is 1. The molecule has 0 saturated heterocycles. The van der Waals surface area contributed by atoms with Crippen LogP contribution in [0, 0.1) is 5.41 Å². The molecule has 0 aliphatic carbocycles. The summed E-state index contributed by atoms with van der Waals surface area (Å²) in [6.45, 7) is 5.32. The molecule has 0 radical (unpaired) electrons. The van der Waals surface area contributed by atoms with Gasteiger partial charge >= 0.3 is 0 Å². The molecule has 0 spiro atoms. The van der Waals surface area contributed by atoms with Crippen molar-refractivity contribution in [1.82, 2.24) is 4.90 Å². The molecule has 2 aromatic rings. The van der Waals surface area contributed by atoms with E-state index in [9.17, 15) is 4.79 Å². The SMILES string of the molecule is CN(CC(C)(C)CN)C(=O)c1ccc(-c2ccccc2)cc1. The lowest BCUT2D eigenvalue weighted by Gasteiger charge is -2.29. The van der Waals surface area contributed by atoms with Crippen molar-refractivity contribution in [1.29, 1.82) is 0 Å². The molecular formula is C19H24N2O. The van der Waals surface area contributed by atoms with Crippen molar-refractivity contribution in [2.24, 2.45) is 11.1 Å². The van der Waals surface area contributed by atoms with Gasteiger partial charge in [-0.05, 0) is 35.2 Å². The highest BCUT2D eigenvalue weighted by atomic mass is 16.2. The summed E-state index contributed by atoms with van der Waals surface area (Å²) in [4.78, 5) is 14.2. The van der Waals surface area contributed by atoms with E-state index in [1.54, 1.807) is 4.90 Å². The van der Waals surface area contributed by atoms with E-state index < -0.39 is 0 Å². The van der Waals surface area contributed by atoms with Crippen LogP contribution in [0.4, 0.5) is 0 Å². The summed E-state index contributed by atoms with van der Waals surface area (Å²) >= 11 is 0. The molecule has 0 bridgehead atoms. The summed E-state index contributed by atoms with van der Waals surface area (Å²) < 4.78 is 0. The summed E-state index contributed by atoms with van der Waals surface area (Å²) in [7, 11) is 1.82. The first kappa shape index (κ1) is 16.2. The minimum atomic E-state index is -0.0750. The van der Waals surface area contributed by atoms with Crippen molar-refractivity contribution in [3.05, 3.63) is 60.2 Å². The number of hydrogen-bond acceptors (Lipinski definition) is 2. The molecule has 22 heavy (non-hydrogen) atoms. The van der Waals surface area contributed by atoms with E-state index in [0.29, 0.717) is 18.7 Å². The van der Waals surface area contributed by atoms with Gasteiger partial charge in [-0.2, -0.15) is 0 Å². The fourth-order valence-electron chi connectivity index (χ4n) is 2.43. The lowest BCUT2D eigenvalue weighted by Crippen LogP contribution is -2.39. The maximum absolute atomic E-state index is 12.5. The zero-order chi connectivity index (χ0) is 16.2. The van der Waals surface area contributed by atoms with Crippen LogP contribution < -0.4 is 5.73 Å². The van der Waals surface area contributed by atoms with Gasteiger partial charge < -0.3 is 10.6 Å². The van der Waals surface area contributed by atoms with E-state index in [0.717, 1.165) is 11.1 Å². The average molecular weight is 296 g/mol. The highest BCUT2D eigenvalue weighted by Crippen LogP contribution is 2.20. The molecule has 2 N–H and O–H groups in total. The summed E-state index contributed by atoms with van der Waals surface area (Å²) in [5.41, 5.74) is 8.63. The lowest BCUT2D eigenvalue weighted by molar-refractivity contribution is 0.0740. The Morgan fingerprint density at radius 2 is 1.55 bits per heavy atom. The van der Waals surface area contributed by atoms with Gasteiger partial charge in [-0.1, -0.05) is 56.3 Å². The highest BCUT2D eigenvalue weighted by Gasteiger charge is 2.21. The Kier molecular flexibility index (Phi) is 4.99. The maximum Gasteiger partial charge on any atom is 0.253 e. The van der Waals surface area contributed by atoms with Crippen molar-refractivity contribution < 1.29 is 4.79 Å². The van der Waals surface area contributed by atoms with E-state index >= 15 is 0 Å². The van der Waals surface area contributed by atoms with Crippen LogP contribution in [0.1, 0.15) is 24.2 Å². The standard InChI is InChI=1S/C19H24N2O/c1-19(2,13-20)14-21(3)18(22)17-11-9-16(10-12-17)15-7-5-4-6-8-15/h4-12H,13-14,20H2,1-3H3. The monoisotopic (exact) mass is 296 g/mol. The van der Waals surface area contributed by atoms with Crippen LogP contribution in [0.25, 0.3) is 11.1 Å². The van der Waals surface area contributed by atoms with Crippen LogP contribution in [0.15, 0.2) is 54.6 Å². The van der Waals surface area contributed by atoms with Crippen LogP contribution in [-0.4, -0.2) is 30.9 Å². The van der Waals surface area contributed by atoms with Gasteiger partial charge in [0.25, 0.3) is 5.91 Å². The summed E-state index contributed by atoms with van der Waals surface area (Å²) in [6.07, 6.45) is 0. The molecule has 3 heteroatoms. The van der Waals surface area contributed by atoms with Gasteiger partial charge in [-0.25, -0.2) is 0 Å². The largest absolute Gasteiger partial charge is 0.341 e. The second-order valence-electron chi connectivity index (χ2n) is 6.47. The number of nitrogens with zero attached hydrogens (tertiary/aromatic N) is 1. The van der Waals surface area contributed by atoms with E-state index in [4.69, 9.17) is 5.73 Å². The number of hydrogen-bond donors (Lipinski definition) is 1. The van der Waals surface area contributed by atoms with Crippen LogP contribution in [0.2, 0.25) is 0 Å². The fourth-order valence-corrected chi connectivity index (χ4v) is 2.43. The van der Waals surface area contributed by atoms with E-state index in [1.807, 2.05) is 49.5 Å². The molecule has 0 aromatic heterocycles. The minimum Gasteiger partial charge on any atom is -0.341 e. The Bertz CT molecular complexity index is 618. The van der Waals surface area contributed by atoms with Crippen molar-refractivity contribution >= 4 is 5.91 Å². The second kappa shape index (κ2) is 6.75. The zero-order valence-corrected chi connectivity index (χ0v) is 13.5. The van der Waals surface area contributed by atoms with Crippen LogP contribution >= 0.6 is 0 Å². The third-order valence-corrected chi connectivity index (χ3v) is 3.80. The first-order valence-electron chi connectivity index (χ1n) is 7.54. The van der Waals surface area contributed by atoms with Crippen LogP contribution in [-0.2, 0) is 0 Å². The quantitative estimate of drug-likeness (QED) is 0.919. The molecule has 0 unspecified atom stereocenters. The highest BCUT2D eigenvalue weighted by molar-refractivity contribution is 5.94. The fraction of sp³-hybridized carbons (Fsp3) is 0.316. The Morgan fingerprint density at radius 1 is 1.00 bits per heavy atom. The molecule has 0 aliphatic heterocycles. The summed E-state index contributed by atoms with van der Waals surface area (Å²) in [5, 5.41) is 0. The minimum absolute atomic E-state index is 0.0288. The van der Waals surface area contributed by atoms with E-state index in [1.165, 1.54) is 0 Å². The Morgan fingerprint density at radius 3 is 2.09 bits per heavy atom. The Labute approximate surface area is 132 Å². The smallest absolute Gasteiger partial charge is 0.253 e. The number of benzene rings is 2. The second-order valence-corrected chi connectivity index (χ2v) is 6.47. The first-order valence-corrected chi connectivity index (χ1v) is 7.54. The molecule has 0 fully saturated rings. The number of amides is 1. The molecule has 116 valence electrons. The molecule has 0 atom stereocenters. The molecular weight excluding hydrogens is 272 g/mol. The molecule has 2 aromatic carbocycles. The number of carbonyl (C=O) groups is 1. The molecule has 0 aliphatic rings. The lowest BCUT2D eigenvalue weighted by atomic mass is 9.93. The molecule has 2 rings (SSSR count). The third kappa shape index (κ3) is 3.95. The van der Waals surface area contributed by atoms with Gasteiger partial charge in [0.1, 0.15) is 0 Å². The average Bonchev–Trinajstić information content (AvgIpc) is 2.55. The van der Waals surface area contributed by atoms with Crippen molar-refractivity contribution in [3.63, 3.8) is 0 Å². The molecule has 0 saturated carbocycles. The molecule has 1 amide bonds. The van der Waals surface area contributed by atoms with E-state index in [2.05, 4.69) is 26.0 Å². The van der Waals surface area contributed by atoms with Gasteiger partial charge in [0.05, 0.1) is 0 Å². The van der Waals surface area contributed by atoms with Crippen LogP contribution in [0.5, 0.6) is 0 Å².